The van der Waals surface area contributed by atoms with E-state index in [2.05, 4.69) is 20.1 Å². The molecule has 0 bridgehead atoms. The van der Waals surface area contributed by atoms with Gasteiger partial charge in [-0.15, -0.1) is 11.3 Å². The van der Waals surface area contributed by atoms with Crippen molar-refractivity contribution in [3.63, 3.8) is 0 Å². The lowest BCUT2D eigenvalue weighted by Crippen LogP contribution is -2.72. The Morgan fingerprint density at radius 3 is 2.96 bits per heavy atom. The maximum Gasteiger partial charge on any atom is 0.239 e. The Kier molecular flexibility index (Phi) is 4.13. The third-order valence-corrected chi connectivity index (χ3v) is 5.85. The van der Waals surface area contributed by atoms with E-state index in [1.807, 2.05) is 11.6 Å². The summed E-state index contributed by atoms with van der Waals surface area (Å²) < 4.78 is 6.16. The Bertz CT molecular complexity index is 554. The molecule has 4 rings (SSSR count). The molecule has 6 nitrogen and oxygen atoms in total. The Morgan fingerprint density at radius 2 is 2.30 bits per heavy atom. The van der Waals surface area contributed by atoms with Gasteiger partial charge in [0.15, 0.2) is 0 Å². The van der Waals surface area contributed by atoms with Crippen molar-refractivity contribution in [1.82, 2.24) is 20.1 Å². The minimum Gasteiger partial charge on any atom is -0.369 e. The van der Waals surface area contributed by atoms with Gasteiger partial charge in [-0.05, 0) is 18.8 Å². The summed E-state index contributed by atoms with van der Waals surface area (Å²) in [6.45, 7) is 5.20. The van der Waals surface area contributed by atoms with Gasteiger partial charge in [0, 0.05) is 44.8 Å². The van der Waals surface area contributed by atoms with E-state index in [-0.39, 0.29) is 17.6 Å². The number of rotatable bonds is 5. The fourth-order valence-corrected chi connectivity index (χ4v) is 4.37. The second-order valence-corrected chi connectivity index (χ2v) is 8.05. The van der Waals surface area contributed by atoms with Crippen LogP contribution in [0, 0.1) is 5.92 Å². The number of aromatic nitrogens is 1. The molecule has 1 spiro atoms. The van der Waals surface area contributed by atoms with Crippen molar-refractivity contribution in [2.75, 3.05) is 39.8 Å². The molecule has 1 amide bonds. The first-order valence-corrected chi connectivity index (χ1v) is 9.26. The molecule has 1 N–H and O–H groups in total. The van der Waals surface area contributed by atoms with Crippen molar-refractivity contribution in [3.05, 3.63) is 16.6 Å². The molecule has 3 aliphatic rings. The van der Waals surface area contributed by atoms with Gasteiger partial charge in [-0.2, -0.15) is 0 Å². The maximum atomic E-state index is 12.1. The van der Waals surface area contributed by atoms with Gasteiger partial charge in [-0.3, -0.25) is 14.6 Å². The molecule has 0 unspecified atom stereocenters. The van der Waals surface area contributed by atoms with Crippen molar-refractivity contribution >= 4 is 17.2 Å². The summed E-state index contributed by atoms with van der Waals surface area (Å²) in [6.07, 6.45) is 4.47. The Balaban J connectivity index is 1.36. The van der Waals surface area contributed by atoms with E-state index in [9.17, 15) is 4.79 Å². The molecule has 2 aliphatic heterocycles. The second kappa shape index (κ2) is 6.12. The van der Waals surface area contributed by atoms with E-state index >= 15 is 0 Å². The van der Waals surface area contributed by atoms with E-state index in [1.165, 1.54) is 12.8 Å². The largest absolute Gasteiger partial charge is 0.369 e. The molecule has 0 aromatic carbocycles. The van der Waals surface area contributed by atoms with Crippen LogP contribution in [-0.4, -0.2) is 72.2 Å². The van der Waals surface area contributed by atoms with Crippen LogP contribution in [0.15, 0.2) is 11.6 Å². The lowest BCUT2D eigenvalue weighted by atomic mass is 9.90. The SMILES string of the molecule is CNC(=O)[C@H]1COC2(CN(Cc3nccs3)C2)CN1CC1CC1. The molecule has 1 atom stereocenters. The molecule has 2 saturated heterocycles. The normalized spacial score (nSPS) is 27.8. The third-order valence-electron chi connectivity index (χ3n) is 5.08. The molecule has 3 fully saturated rings. The van der Waals surface area contributed by atoms with Gasteiger partial charge in [-0.25, -0.2) is 4.98 Å². The lowest BCUT2D eigenvalue weighted by Gasteiger charge is -2.55. The predicted octanol–water partition coefficient (Wildman–Crippen LogP) is 0.554. The first-order valence-electron chi connectivity index (χ1n) is 8.38. The standard InChI is InChI=1S/C16H24N4O2S/c1-17-15(21)13-8-22-16(11-20(13)6-12-2-3-12)9-19(10-16)7-14-18-4-5-23-14/h4-5,12-13H,2-3,6-11H2,1H3,(H,17,21)/t13-/m1/s1. The monoisotopic (exact) mass is 336 g/mol. The van der Waals surface area contributed by atoms with Crippen LogP contribution in [-0.2, 0) is 16.1 Å². The zero-order valence-electron chi connectivity index (χ0n) is 13.5. The van der Waals surface area contributed by atoms with Crippen LogP contribution >= 0.6 is 11.3 Å². The predicted molar refractivity (Wildman–Crippen MR) is 88.2 cm³/mol. The highest BCUT2D eigenvalue weighted by Crippen LogP contribution is 2.36. The second-order valence-electron chi connectivity index (χ2n) is 7.07. The van der Waals surface area contributed by atoms with Crippen LogP contribution in [0.1, 0.15) is 17.8 Å². The molecular weight excluding hydrogens is 312 g/mol. The van der Waals surface area contributed by atoms with E-state index in [4.69, 9.17) is 4.74 Å². The van der Waals surface area contributed by atoms with Gasteiger partial charge in [0.05, 0.1) is 13.2 Å². The zero-order chi connectivity index (χ0) is 15.9. The van der Waals surface area contributed by atoms with Gasteiger partial charge in [0.2, 0.25) is 5.91 Å². The van der Waals surface area contributed by atoms with Crippen LogP contribution in [0.25, 0.3) is 0 Å². The van der Waals surface area contributed by atoms with E-state index in [0.717, 1.165) is 43.6 Å². The van der Waals surface area contributed by atoms with Gasteiger partial charge < -0.3 is 10.1 Å². The highest BCUT2D eigenvalue weighted by atomic mass is 32.1. The van der Waals surface area contributed by atoms with E-state index in [1.54, 1.807) is 18.4 Å². The highest BCUT2D eigenvalue weighted by molar-refractivity contribution is 7.09. The molecule has 0 radical (unpaired) electrons. The van der Waals surface area contributed by atoms with Crippen LogP contribution in [0.3, 0.4) is 0 Å². The van der Waals surface area contributed by atoms with Crippen LogP contribution in [0.5, 0.6) is 0 Å². The van der Waals surface area contributed by atoms with Gasteiger partial charge in [0.1, 0.15) is 16.7 Å². The van der Waals surface area contributed by atoms with Crippen LogP contribution in [0.4, 0.5) is 0 Å². The topological polar surface area (TPSA) is 57.7 Å². The molecule has 1 aromatic heterocycles. The fourth-order valence-electron chi connectivity index (χ4n) is 3.71. The van der Waals surface area contributed by atoms with Gasteiger partial charge in [0.25, 0.3) is 0 Å². The van der Waals surface area contributed by atoms with E-state index < -0.39 is 0 Å². The molecular formula is C16H24N4O2S. The number of thiazole rings is 1. The highest BCUT2D eigenvalue weighted by Gasteiger charge is 2.51. The molecule has 1 saturated carbocycles. The summed E-state index contributed by atoms with van der Waals surface area (Å²) >= 11 is 1.70. The number of morpholine rings is 1. The summed E-state index contributed by atoms with van der Waals surface area (Å²) in [5, 5.41) is 5.96. The number of amides is 1. The lowest BCUT2D eigenvalue weighted by molar-refractivity contribution is -0.203. The number of carbonyl (C=O) groups excluding carboxylic acids is 1. The van der Waals surface area contributed by atoms with Crippen molar-refractivity contribution in [1.29, 1.82) is 0 Å². The summed E-state index contributed by atoms with van der Waals surface area (Å²) in [4.78, 5) is 21.2. The number of likely N-dealkylation sites (N-methyl/N-ethyl adjacent to an activating group) is 1. The molecule has 3 heterocycles. The maximum absolute atomic E-state index is 12.1. The van der Waals surface area contributed by atoms with Crippen molar-refractivity contribution in [2.24, 2.45) is 5.92 Å². The summed E-state index contributed by atoms with van der Waals surface area (Å²) in [7, 11) is 1.71. The van der Waals surface area contributed by atoms with Gasteiger partial charge >= 0.3 is 0 Å². The summed E-state index contributed by atoms with van der Waals surface area (Å²) in [5.74, 6) is 0.864. The first-order chi connectivity index (χ1) is 11.2. The van der Waals surface area contributed by atoms with E-state index in [0.29, 0.717) is 6.61 Å². The summed E-state index contributed by atoms with van der Waals surface area (Å²) in [5.41, 5.74) is -0.0866. The van der Waals surface area contributed by atoms with Crippen molar-refractivity contribution in [2.45, 2.75) is 31.0 Å². The van der Waals surface area contributed by atoms with Crippen molar-refractivity contribution in [3.8, 4) is 0 Å². The molecule has 126 valence electrons. The Hall–Kier alpha value is -1.02. The number of likely N-dealkylation sites (tertiary alicyclic amines) is 1. The van der Waals surface area contributed by atoms with Crippen LogP contribution < -0.4 is 5.32 Å². The zero-order valence-corrected chi connectivity index (χ0v) is 14.3. The number of ether oxygens (including phenoxy) is 1. The average Bonchev–Trinajstić information content (AvgIpc) is 3.18. The number of nitrogens with one attached hydrogen (secondary N) is 1. The molecule has 1 aromatic rings. The van der Waals surface area contributed by atoms with Gasteiger partial charge in [-0.1, -0.05) is 0 Å². The van der Waals surface area contributed by atoms with Crippen LogP contribution in [0.2, 0.25) is 0 Å². The number of hydrogen-bond donors (Lipinski definition) is 1. The Labute approximate surface area is 140 Å². The minimum atomic E-state index is -0.126. The number of nitrogens with zero attached hydrogens (tertiary/aromatic N) is 3. The first kappa shape index (κ1) is 15.5. The quantitative estimate of drug-likeness (QED) is 0.851. The average molecular weight is 336 g/mol. The fraction of sp³-hybridized carbons (Fsp3) is 0.750. The Morgan fingerprint density at radius 1 is 1.48 bits per heavy atom. The molecule has 23 heavy (non-hydrogen) atoms. The smallest absolute Gasteiger partial charge is 0.239 e. The third kappa shape index (κ3) is 3.28. The number of carbonyl (C=O) groups is 1. The number of hydrogen-bond acceptors (Lipinski definition) is 6. The molecule has 1 aliphatic carbocycles. The molecule has 7 heteroatoms. The minimum absolute atomic E-state index is 0.0828. The van der Waals surface area contributed by atoms with Crippen molar-refractivity contribution < 1.29 is 9.53 Å². The summed E-state index contributed by atoms with van der Waals surface area (Å²) in [6, 6.07) is -0.126.